The summed E-state index contributed by atoms with van der Waals surface area (Å²) in [6.07, 6.45) is -1.46. The summed E-state index contributed by atoms with van der Waals surface area (Å²) in [5, 5.41) is 72.9. The molecule has 3 saturated carbocycles. The third kappa shape index (κ3) is 4.96. The maximum atomic E-state index is 11.7. The van der Waals surface area contributed by atoms with Crippen molar-refractivity contribution in [2.24, 2.45) is 34.5 Å². The summed E-state index contributed by atoms with van der Waals surface area (Å²) in [6, 6.07) is 0. The molecule has 0 bridgehead atoms. The molecule has 0 amide bonds. The van der Waals surface area contributed by atoms with Gasteiger partial charge in [0.2, 0.25) is 0 Å². The van der Waals surface area contributed by atoms with Crippen molar-refractivity contribution in [1.29, 1.82) is 0 Å². The van der Waals surface area contributed by atoms with Crippen molar-refractivity contribution in [3.05, 3.63) is 35.1 Å². The predicted molar refractivity (Wildman–Crippen MR) is 155 cm³/mol. The van der Waals surface area contributed by atoms with E-state index < -0.39 is 61.0 Å². The lowest BCUT2D eigenvalue weighted by Crippen LogP contribution is -2.60. The van der Waals surface area contributed by atoms with Crippen LogP contribution in [0.5, 0.6) is 0 Å². The Morgan fingerprint density at radius 3 is 2.53 bits per heavy atom. The van der Waals surface area contributed by atoms with Crippen molar-refractivity contribution in [1.82, 2.24) is 0 Å². The summed E-state index contributed by atoms with van der Waals surface area (Å²) >= 11 is 0. The first-order valence-electron chi connectivity index (χ1n) is 16.0. The highest BCUT2D eigenvalue weighted by molar-refractivity contribution is 5.32. The maximum Gasteiger partial charge on any atom is 0.187 e. The van der Waals surface area contributed by atoms with Gasteiger partial charge in [0.05, 0.1) is 37.3 Å². The van der Waals surface area contributed by atoms with E-state index in [0.29, 0.717) is 38.0 Å². The molecule has 4 fully saturated rings. The molecule has 6 aliphatic rings. The van der Waals surface area contributed by atoms with Gasteiger partial charge in [0.1, 0.15) is 30.5 Å². The molecular formula is C33H50O10. The van der Waals surface area contributed by atoms with Crippen LogP contribution in [0.4, 0.5) is 0 Å². The fraction of sp³-hybridized carbons (Fsp3) is 0.818. The first kappa shape index (κ1) is 31.6. The van der Waals surface area contributed by atoms with Gasteiger partial charge in [-0.05, 0) is 67.8 Å². The monoisotopic (exact) mass is 606 g/mol. The van der Waals surface area contributed by atoms with Crippen LogP contribution >= 0.6 is 0 Å². The highest BCUT2D eigenvalue weighted by Crippen LogP contribution is 2.69. The summed E-state index contributed by atoms with van der Waals surface area (Å²) in [7, 11) is 0. The largest absolute Gasteiger partial charge is 0.494 e. The molecule has 10 heteroatoms. The van der Waals surface area contributed by atoms with Crippen molar-refractivity contribution in [2.45, 2.75) is 121 Å². The van der Waals surface area contributed by atoms with Gasteiger partial charge in [0.25, 0.3) is 0 Å². The van der Waals surface area contributed by atoms with Crippen molar-refractivity contribution < 1.29 is 50.0 Å². The van der Waals surface area contributed by atoms with Crippen LogP contribution in [0.2, 0.25) is 0 Å². The fourth-order valence-corrected chi connectivity index (χ4v) is 10.2. The van der Waals surface area contributed by atoms with Crippen LogP contribution in [0, 0.1) is 34.5 Å². The fourth-order valence-electron chi connectivity index (χ4n) is 10.2. The van der Waals surface area contributed by atoms with Gasteiger partial charge in [0, 0.05) is 24.2 Å². The van der Waals surface area contributed by atoms with E-state index in [1.807, 2.05) is 0 Å². The van der Waals surface area contributed by atoms with Crippen LogP contribution in [-0.2, 0) is 14.2 Å². The van der Waals surface area contributed by atoms with Gasteiger partial charge in [0.15, 0.2) is 6.29 Å². The Morgan fingerprint density at radius 1 is 1.07 bits per heavy atom. The molecule has 4 aliphatic carbocycles. The molecule has 10 nitrogen and oxygen atoms in total. The van der Waals surface area contributed by atoms with Crippen LogP contribution in [0.15, 0.2) is 35.1 Å². The van der Waals surface area contributed by atoms with E-state index in [4.69, 9.17) is 14.2 Å². The topological polar surface area (TPSA) is 169 Å². The smallest absolute Gasteiger partial charge is 0.187 e. The first-order valence-corrected chi connectivity index (χ1v) is 16.0. The third-order valence-corrected chi connectivity index (χ3v) is 12.3. The van der Waals surface area contributed by atoms with Gasteiger partial charge in [-0.25, -0.2) is 0 Å². The zero-order valence-electron chi connectivity index (χ0n) is 25.5. The zero-order valence-corrected chi connectivity index (χ0v) is 25.5. The number of allylic oxidation sites excluding steroid dienone is 2. The second kappa shape index (κ2) is 11.5. The minimum Gasteiger partial charge on any atom is -0.494 e. The molecule has 0 aromatic rings. The van der Waals surface area contributed by atoms with Crippen LogP contribution in [0.3, 0.4) is 0 Å². The van der Waals surface area contributed by atoms with Gasteiger partial charge in [-0.1, -0.05) is 37.6 Å². The lowest BCUT2D eigenvalue weighted by molar-refractivity contribution is -0.299. The van der Waals surface area contributed by atoms with Crippen molar-refractivity contribution >= 4 is 0 Å². The molecule has 2 heterocycles. The predicted octanol–water partition coefficient (Wildman–Crippen LogP) is 1.30. The highest BCUT2D eigenvalue weighted by atomic mass is 16.7. The standard InChI is InChI=1S/C33H50O10/c1-15(14-41-31-30(40)29(39)28(38)24(13-34)43-31)5-8-22-16(2)26-23(42-22)11-20-19-7-6-17-9-18(35)10-25(37)33(17,4)27(19)21(36)12-32(20,26)3/h6,18-21,23-31,34-40H,1,5,7-14H2,2-4H3/t18-,19+,20+,21-,23?,24-,25-,26+,27-,28-,29+,30-,31-,32+,33-/m1/s1. The maximum absolute atomic E-state index is 11.7. The summed E-state index contributed by atoms with van der Waals surface area (Å²) in [6.45, 7) is 10.2. The van der Waals surface area contributed by atoms with Gasteiger partial charge in [-0.2, -0.15) is 0 Å². The molecule has 15 atom stereocenters. The number of aliphatic hydroxyl groups excluding tert-OH is 7. The molecule has 1 unspecified atom stereocenters. The van der Waals surface area contributed by atoms with Crippen LogP contribution in [0.25, 0.3) is 0 Å². The average molecular weight is 607 g/mol. The van der Waals surface area contributed by atoms with Gasteiger partial charge < -0.3 is 50.0 Å². The lowest BCUT2D eigenvalue weighted by atomic mass is 9.45. The summed E-state index contributed by atoms with van der Waals surface area (Å²) in [5.41, 5.74) is 2.44. The van der Waals surface area contributed by atoms with E-state index in [-0.39, 0.29) is 35.9 Å². The molecule has 1 saturated heterocycles. The molecule has 0 aromatic carbocycles. The van der Waals surface area contributed by atoms with E-state index in [0.717, 1.165) is 29.7 Å². The zero-order chi connectivity index (χ0) is 31.0. The lowest BCUT2D eigenvalue weighted by Gasteiger charge is -2.60. The Labute approximate surface area is 253 Å². The quantitative estimate of drug-likeness (QED) is 0.210. The first-order chi connectivity index (χ1) is 20.3. The molecule has 0 radical (unpaired) electrons. The van der Waals surface area contributed by atoms with E-state index in [2.05, 4.69) is 33.4 Å². The third-order valence-electron chi connectivity index (χ3n) is 12.3. The van der Waals surface area contributed by atoms with E-state index in [9.17, 15) is 35.7 Å². The van der Waals surface area contributed by atoms with E-state index >= 15 is 0 Å². The Kier molecular flexibility index (Phi) is 8.44. The molecular weight excluding hydrogens is 556 g/mol. The van der Waals surface area contributed by atoms with Gasteiger partial charge in [-0.15, -0.1) is 0 Å². The van der Waals surface area contributed by atoms with Crippen LogP contribution in [-0.4, -0.2) is 104 Å². The second-order valence-corrected chi connectivity index (χ2v) is 14.7. The molecule has 7 N–H and O–H groups in total. The molecule has 242 valence electrons. The summed E-state index contributed by atoms with van der Waals surface area (Å²) in [5.74, 6) is 1.73. The molecule has 0 aromatic heterocycles. The Balaban J connectivity index is 1.10. The van der Waals surface area contributed by atoms with Gasteiger partial charge >= 0.3 is 0 Å². The molecule has 2 aliphatic heterocycles. The normalized spacial score (nSPS) is 50.7. The highest BCUT2D eigenvalue weighted by Gasteiger charge is 2.67. The van der Waals surface area contributed by atoms with Crippen molar-refractivity contribution in [2.75, 3.05) is 13.2 Å². The van der Waals surface area contributed by atoms with Crippen molar-refractivity contribution in [3.8, 4) is 0 Å². The second-order valence-electron chi connectivity index (χ2n) is 14.7. The Hall–Kier alpha value is -1.34. The van der Waals surface area contributed by atoms with E-state index in [1.54, 1.807) is 0 Å². The number of ether oxygens (including phenoxy) is 3. The molecule has 0 spiro atoms. The summed E-state index contributed by atoms with van der Waals surface area (Å²) in [4.78, 5) is 0. The number of hydrogen-bond acceptors (Lipinski definition) is 10. The van der Waals surface area contributed by atoms with Crippen LogP contribution in [0.1, 0.15) is 65.7 Å². The van der Waals surface area contributed by atoms with Crippen LogP contribution < -0.4 is 0 Å². The molecule has 6 rings (SSSR count). The minimum absolute atomic E-state index is 0.0392. The number of aliphatic hydroxyl groups is 7. The molecule has 43 heavy (non-hydrogen) atoms. The minimum atomic E-state index is -1.49. The van der Waals surface area contributed by atoms with E-state index in [1.165, 1.54) is 5.57 Å². The number of hydrogen-bond donors (Lipinski definition) is 7. The average Bonchev–Trinajstić information content (AvgIpc) is 3.43. The SMILES string of the molecule is C=C(CCC1=C(C)[C@H]2C(C[C@H]3[C@@H]4CC=C5C[C@@H](O)C[C@@H](O)[C@]5(C)[C@H]4[C@H](O)C[C@]23C)O1)CO[C@@H]1O[C@H](CO)[C@@H](O)[C@H](O)[C@H]1O. The number of rotatable bonds is 7. The van der Waals surface area contributed by atoms with Gasteiger partial charge in [-0.3, -0.25) is 0 Å². The Bertz CT molecular complexity index is 1150. The van der Waals surface area contributed by atoms with Crippen molar-refractivity contribution in [3.63, 3.8) is 0 Å². The Morgan fingerprint density at radius 2 is 1.81 bits per heavy atom. The summed E-state index contributed by atoms with van der Waals surface area (Å²) < 4.78 is 17.7. The number of fused-ring (bicyclic) bond motifs is 7.